The second kappa shape index (κ2) is 6.52. The van der Waals surface area contributed by atoms with E-state index in [2.05, 4.69) is 16.7 Å². The molecule has 5 heteroatoms. The van der Waals surface area contributed by atoms with Crippen molar-refractivity contribution in [2.24, 2.45) is 0 Å². The zero-order valence-electron chi connectivity index (χ0n) is 11.6. The third-order valence-electron chi connectivity index (χ3n) is 3.66. The Bertz CT molecular complexity index is 502. The number of carboxylic acids is 1. The van der Waals surface area contributed by atoms with E-state index in [1.54, 1.807) is 0 Å². The molecule has 0 saturated carbocycles. The average Bonchev–Trinajstić information content (AvgIpc) is 2.45. The van der Waals surface area contributed by atoms with Crippen LogP contribution < -0.4 is 10.6 Å². The van der Waals surface area contributed by atoms with Crippen molar-refractivity contribution in [2.45, 2.75) is 44.8 Å². The summed E-state index contributed by atoms with van der Waals surface area (Å²) in [7, 11) is 0. The normalized spacial score (nSPS) is 18.9. The number of amides is 1. The molecule has 2 unspecified atom stereocenters. The molecule has 5 nitrogen and oxygen atoms in total. The molecule has 0 saturated heterocycles. The number of hydrogen-bond donors (Lipinski definition) is 3. The van der Waals surface area contributed by atoms with Gasteiger partial charge in [0.05, 0.1) is 12.5 Å². The van der Waals surface area contributed by atoms with Gasteiger partial charge in [0, 0.05) is 12.6 Å². The molecule has 0 radical (unpaired) electrons. The molecule has 1 amide bonds. The number of benzene rings is 1. The van der Waals surface area contributed by atoms with Crippen LogP contribution in [0.4, 0.5) is 0 Å². The standard InChI is InChI=1S/C15H20N2O3/c1-2-12(8-14(18)19)17-15(20)13-7-10-5-3-4-6-11(10)9-16-13/h3-6,12-13,16H,2,7-9H2,1H3,(H,17,20)(H,18,19). The number of aliphatic carboxylic acids is 1. The minimum absolute atomic E-state index is 0.0362. The molecule has 1 aromatic rings. The van der Waals surface area contributed by atoms with Crippen LogP contribution in [0.2, 0.25) is 0 Å². The number of hydrogen-bond acceptors (Lipinski definition) is 3. The van der Waals surface area contributed by atoms with Crippen molar-refractivity contribution in [1.82, 2.24) is 10.6 Å². The van der Waals surface area contributed by atoms with Gasteiger partial charge in [-0.3, -0.25) is 9.59 Å². The van der Waals surface area contributed by atoms with Crippen LogP contribution in [0.15, 0.2) is 24.3 Å². The van der Waals surface area contributed by atoms with Crippen molar-refractivity contribution in [3.05, 3.63) is 35.4 Å². The van der Waals surface area contributed by atoms with Crippen LogP contribution in [-0.4, -0.2) is 29.1 Å². The topological polar surface area (TPSA) is 78.4 Å². The van der Waals surface area contributed by atoms with Gasteiger partial charge in [0.15, 0.2) is 0 Å². The number of carbonyl (C=O) groups excluding carboxylic acids is 1. The molecule has 0 fully saturated rings. The zero-order valence-corrected chi connectivity index (χ0v) is 11.6. The van der Waals surface area contributed by atoms with Crippen molar-refractivity contribution >= 4 is 11.9 Å². The van der Waals surface area contributed by atoms with E-state index in [-0.39, 0.29) is 24.4 Å². The molecule has 3 N–H and O–H groups in total. The molecule has 1 aliphatic rings. The van der Waals surface area contributed by atoms with Crippen molar-refractivity contribution in [1.29, 1.82) is 0 Å². The SMILES string of the molecule is CCC(CC(=O)O)NC(=O)C1Cc2ccccc2CN1. The molecular formula is C15H20N2O3. The molecule has 1 aliphatic heterocycles. The Morgan fingerprint density at radius 1 is 1.40 bits per heavy atom. The maximum Gasteiger partial charge on any atom is 0.305 e. The summed E-state index contributed by atoms with van der Waals surface area (Å²) in [5, 5.41) is 14.8. The van der Waals surface area contributed by atoms with Gasteiger partial charge in [-0.05, 0) is 24.0 Å². The average molecular weight is 276 g/mol. The molecule has 1 heterocycles. The zero-order chi connectivity index (χ0) is 14.5. The lowest BCUT2D eigenvalue weighted by Gasteiger charge is -2.27. The van der Waals surface area contributed by atoms with E-state index in [9.17, 15) is 9.59 Å². The first-order valence-electron chi connectivity index (χ1n) is 6.92. The lowest BCUT2D eigenvalue weighted by molar-refractivity contribution is -0.137. The van der Waals surface area contributed by atoms with E-state index in [1.165, 1.54) is 11.1 Å². The van der Waals surface area contributed by atoms with E-state index >= 15 is 0 Å². The smallest absolute Gasteiger partial charge is 0.305 e. The van der Waals surface area contributed by atoms with Crippen LogP contribution in [-0.2, 0) is 22.6 Å². The Morgan fingerprint density at radius 3 is 2.75 bits per heavy atom. The largest absolute Gasteiger partial charge is 0.481 e. The molecule has 1 aromatic carbocycles. The lowest BCUT2D eigenvalue weighted by Crippen LogP contribution is -2.50. The summed E-state index contributed by atoms with van der Waals surface area (Å²) >= 11 is 0. The predicted molar refractivity (Wildman–Crippen MR) is 75.2 cm³/mol. The molecule has 2 rings (SSSR count). The number of nitrogens with one attached hydrogen (secondary N) is 2. The second-order valence-corrected chi connectivity index (χ2v) is 5.12. The highest BCUT2D eigenvalue weighted by molar-refractivity contribution is 5.83. The van der Waals surface area contributed by atoms with Gasteiger partial charge in [-0.25, -0.2) is 0 Å². The summed E-state index contributed by atoms with van der Waals surface area (Å²) in [6.45, 7) is 2.54. The van der Waals surface area contributed by atoms with Crippen LogP contribution in [0.1, 0.15) is 30.9 Å². The Morgan fingerprint density at radius 2 is 2.10 bits per heavy atom. The van der Waals surface area contributed by atoms with E-state index in [4.69, 9.17) is 5.11 Å². The van der Waals surface area contributed by atoms with Crippen molar-refractivity contribution in [3.8, 4) is 0 Å². The molecular weight excluding hydrogens is 256 g/mol. The number of rotatable bonds is 5. The van der Waals surface area contributed by atoms with E-state index in [0.29, 0.717) is 19.4 Å². The number of carboxylic acid groups (broad SMARTS) is 1. The fourth-order valence-electron chi connectivity index (χ4n) is 2.45. The van der Waals surface area contributed by atoms with Crippen LogP contribution in [0.3, 0.4) is 0 Å². The monoisotopic (exact) mass is 276 g/mol. The summed E-state index contributed by atoms with van der Waals surface area (Å²) in [6.07, 6.45) is 1.22. The number of carbonyl (C=O) groups is 2. The van der Waals surface area contributed by atoms with Gasteiger partial charge in [0.1, 0.15) is 0 Å². The summed E-state index contributed by atoms with van der Waals surface area (Å²) in [4.78, 5) is 22.9. The van der Waals surface area contributed by atoms with Gasteiger partial charge in [-0.1, -0.05) is 31.2 Å². The van der Waals surface area contributed by atoms with Crippen molar-refractivity contribution in [3.63, 3.8) is 0 Å². The molecule has 108 valence electrons. The third-order valence-corrected chi connectivity index (χ3v) is 3.66. The Labute approximate surface area is 118 Å². The summed E-state index contributed by atoms with van der Waals surface area (Å²) < 4.78 is 0. The summed E-state index contributed by atoms with van der Waals surface area (Å²) in [5.74, 6) is -1.01. The summed E-state index contributed by atoms with van der Waals surface area (Å²) in [6, 6.07) is 7.45. The number of fused-ring (bicyclic) bond motifs is 1. The minimum atomic E-state index is -0.890. The van der Waals surface area contributed by atoms with Crippen LogP contribution >= 0.6 is 0 Å². The second-order valence-electron chi connectivity index (χ2n) is 5.12. The van der Waals surface area contributed by atoms with E-state index < -0.39 is 5.97 Å². The maximum absolute atomic E-state index is 12.2. The first-order valence-corrected chi connectivity index (χ1v) is 6.92. The first-order chi connectivity index (χ1) is 9.60. The first kappa shape index (κ1) is 14.5. The molecule has 0 aromatic heterocycles. The molecule has 0 spiro atoms. The Balaban J connectivity index is 1.95. The quantitative estimate of drug-likeness (QED) is 0.751. The summed E-state index contributed by atoms with van der Waals surface area (Å²) in [5.41, 5.74) is 2.40. The van der Waals surface area contributed by atoms with Crippen molar-refractivity contribution < 1.29 is 14.7 Å². The Hall–Kier alpha value is -1.88. The van der Waals surface area contributed by atoms with Gasteiger partial charge in [-0.15, -0.1) is 0 Å². The Kier molecular flexibility index (Phi) is 4.74. The van der Waals surface area contributed by atoms with Gasteiger partial charge in [0.2, 0.25) is 5.91 Å². The van der Waals surface area contributed by atoms with Gasteiger partial charge in [0.25, 0.3) is 0 Å². The van der Waals surface area contributed by atoms with Gasteiger partial charge >= 0.3 is 5.97 Å². The van der Waals surface area contributed by atoms with Crippen LogP contribution in [0, 0.1) is 0 Å². The predicted octanol–water partition coefficient (Wildman–Crippen LogP) is 1.07. The minimum Gasteiger partial charge on any atom is -0.481 e. The lowest BCUT2D eigenvalue weighted by atomic mass is 9.95. The highest BCUT2D eigenvalue weighted by atomic mass is 16.4. The molecule has 20 heavy (non-hydrogen) atoms. The van der Waals surface area contributed by atoms with E-state index in [1.807, 2.05) is 25.1 Å². The van der Waals surface area contributed by atoms with Gasteiger partial charge in [-0.2, -0.15) is 0 Å². The fourth-order valence-corrected chi connectivity index (χ4v) is 2.45. The highest BCUT2D eigenvalue weighted by Gasteiger charge is 2.25. The van der Waals surface area contributed by atoms with Crippen LogP contribution in [0.25, 0.3) is 0 Å². The maximum atomic E-state index is 12.2. The fraction of sp³-hybridized carbons (Fsp3) is 0.467. The molecule has 0 aliphatic carbocycles. The molecule has 2 atom stereocenters. The van der Waals surface area contributed by atoms with Crippen molar-refractivity contribution in [2.75, 3.05) is 0 Å². The highest BCUT2D eigenvalue weighted by Crippen LogP contribution is 2.16. The molecule has 0 bridgehead atoms. The van der Waals surface area contributed by atoms with Crippen LogP contribution in [0.5, 0.6) is 0 Å². The van der Waals surface area contributed by atoms with E-state index in [0.717, 1.165) is 0 Å². The van der Waals surface area contributed by atoms with Gasteiger partial charge < -0.3 is 15.7 Å². The third kappa shape index (κ3) is 3.57.